The molecule has 0 aliphatic rings. The fraction of sp³-hybridized carbons (Fsp3) is 0.438. The predicted octanol–water partition coefficient (Wildman–Crippen LogP) is 2.88. The first kappa shape index (κ1) is 16.2. The number of carbonyl (C=O) groups excluding carboxylic acids is 1. The average Bonchev–Trinajstić information content (AvgIpc) is 2.37. The van der Waals surface area contributed by atoms with Crippen molar-refractivity contribution in [1.29, 1.82) is 0 Å². The van der Waals surface area contributed by atoms with Crippen molar-refractivity contribution in [1.82, 2.24) is 0 Å². The Hall–Kier alpha value is -1.81. The molecule has 0 radical (unpaired) electrons. The van der Waals surface area contributed by atoms with E-state index in [1.54, 1.807) is 19.9 Å². The molecule has 0 aliphatic carbocycles. The maximum Gasteiger partial charge on any atom is 0.338 e. The van der Waals surface area contributed by atoms with Crippen LogP contribution < -0.4 is 9.47 Å². The third kappa shape index (κ3) is 4.70. The summed E-state index contributed by atoms with van der Waals surface area (Å²) in [6.45, 7) is 9.00. The number of rotatable bonds is 7. The Morgan fingerprint density at radius 2 is 2.15 bits per heavy atom. The number of aryl methyl sites for hydroxylation is 1. The van der Waals surface area contributed by atoms with Crippen molar-refractivity contribution >= 4 is 5.97 Å². The third-order valence-corrected chi connectivity index (χ3v) is 2.60. The summed E-state index contributed by atoms with van der Waals surface area (Å²) < 4.78 is 10.9. The smallest absolute Gasteiger partial charge is 0.338 e. The molecule has 0 aromatic heterocycles. The Kier molecular flexibility index (Phi) is 6.25. The molecule has 1 N–H and O–H groups in total. The Balaban J connectivity index is 3.04. The van der Waals surface area contributed by atoms with Gasteiger partial charge in [0.1, 0.15) is 6.61 Å². The number of ether oxygens (including phenoxy) is 2. The van der Waals surface area contributed by atoms with Gasteiger partial charge in [-0.25, -0.2) is 4.79 Å². The molecule has 20 heavy (non-hydrogen) atoms. The molecule has 0 saturated carbocycles. The van der Waals surface area contributed by atoms with Gasteiger partial charge in [-0.2, -0.15) is 0 Å². The van der Waals surface area contributed by atoms with Gasteiger partial charge in [-0.3, -0.25) is 0 Å². The van der Waals surface area contributed by atoms with E-state index in [1.807, 2.05) is 12.1 Å². The molecule has 0 spiro atoms. The normalized spacial score (nSPS) is 11.8. The summed E-state index contributed by atoms with van der Waals surface area (Å²) >= 11 is 0. The molecule has 110 valence electrons. The van der Waals surface area contributed by atoms with Gasteiger partial charge in [0.2, 0.25) is 0 Å². The van der Waals surface area contributed by atoms with Crippen LogP contribution in [0.25, 0.3) is 0 Å². The molecule has 0 fully saturated rings. The van der Waals surface area contributed by atoms with E-state index >= 15 is 0 Å². The molecular weight excluding hydrogens is 256 g/mol. The molecular formula is C16H22O4. The monoisotopic (exact) mass is 278 g/mol. The number of esters is 1. The summed E-state index contributed by atoms with van der Waals surface area (Å²) in [6, 6.07) is 5.43. The van der Waals surface area contributed by atoms with Crippen LogP contribution in [0.5, 0.6) is 11.5 Å². The Bertz CT molecular complexity index is 477. The molecule has 0 amide bonds. The van der Waals surface area contributed by atoms with Gasteiger partial charge in [0.25, 0.3) is 0 Å². The van der Waals surface area contributed by atoms with Crippen molar-refractivity contribution in [2.45, 2.75) is 39.7 Å². The van der Waals surface area contributed by atoms with Crippen molar-refractivity contribution in [3.05, 3.63) is 35.9 Å². The van der Waals surface area contributed by atoms with E-state index in [0.29, 0.717) is 17.1 Å². The van der Waals surface area contributed by atoms with Crippen molar-refractivity contribution in [3.63, 3.8) is 0 Å². The first-order valence-electron chi connectivity index (χ1n) is 6.76. The number of benzene rings is 1. The number of hydrogen-bond donors (Lipinski definition) is 1. The van der Waals surface area contributed by atoms with Crippen LogP contribution in [0.2, 0.25) is 0 Å². The van der Waals surface area contributed by atoms with Crippen LogP contribution in [0.1, 0.15) is 32.8 Å². The van der Waals surface area contributed by atoms with Gasteiger partial charge in [0.15, 0.2) is 11.5 Å². The minimum atomic E-state index is -0.589. The van der Waals surface area contributed by atoms with Crippen molar-refractivity contribution in [2.24, 2.45) is 0 Å². The number of aliphatic hydroxyl groups is 1. The zero-order valence-corrected chi connectivity index (χ0v) is 12.3. The zero-order valence-electron chi connectivity index (χ0n) is 12.3. The highest BCUT2D eigenvalue weighted by molar-refractivity contribution is 5.89. The van der Waals surface area contributed by atoms with E-state index in [0.717, 1.165) is 18.4 Å². The van der Waals surface area contributed by atoms with Crippen LogP contribution in [0.3, 0.4) is 0 Å². The molecule has 1 rings (SSSR count). The quantitative estimate of drug-likeness (QED) is 0.473. The van der Waals surface area contributed by atoms with Gasteiger partial charge in [-0.05, 0) is 31.9 Å². The summed E-state index contributed by atoms with van der Waals surface area (Å²) in [6.07, 6.45) is 1.17. The van der Waals surface area contributed by atoms with E-state index in [4.69, 9.17) is 9.47 Å². The van der Waals surface area contributed by atoms with Gasteiger partial charge in [-0.15, -0.1) is 0 Å². The van der Waals surface area contributed by atoms with Gasteiger partial charge < -0.3 is 14.6 Å². The molecule has 4 nitrogen and oxygen atoms in total. The van der Waals surface area contributed by atoms with Gasteiger partial charge in [-0.1, -0.05) is 32.1 Å². The molecule has 0 heterocycles. The van der Waals surface area contributed by atoms with Crippen molar-refractivity contribution in [3.8, 4) is 11.5 Å². The molecule has 1 unspecified atom stereocenters. The van der Waals surface area contributed by atoms with Crippen LogP contribution in [-0.4, -0.2) is 23.8 Å². The first-order valence-corrected chi connectivity index (χ1v) is 6.76. The van der Waals surface area contributed by atoms with E-state index < -0.39 is 12.1 Å². The van der Waals surface area contributed by atoms with E-state index in [1.165, 1.54) is 0 Å². The molecule has 0 bridgehead atoms. The minimum Gasteiger partial charge on any atom is -0.487 e. The fourth-order valence-corrected chi connectivity index (χ4v) is 1.66. The third-order valence-electron chi connectivity index (χ3n) is 2.60. The van der Waals surface area contributed by atoms with Gasteiger partial charge in [0, 0.05) is 5.57 Å². The maximum absolute atomic E-state index is 11.6. The van der Waals surface area contributed by atoms with Crippen LogP contribution in [0, 0.1) is 0 Å². The molecule has 1 aromatic rings. The lowest BCUT2D eigenvalue weighted by atomic mass is 10.1. The van der Waals surface area contributed by atoms with E-state index in [9.17, 15) is 9.90 Å². The fourth-order valence-electron chi connectivity index (χ4n) is 1.66. The number of carbonyl (C=O) groups is 1. The standard InChI is InChI=1S/C16H22O4/c1-5-7-13-8-6-9-14(20-16(18)11(2)3)15(13)19-10-12(4)17/h6,8-9,12,17H,2,5,7,10H2,1,3-4H3. The highest BCUT2D eigenvalue weighted by atomic mass is 16.6. The average molecular weight is 278 g/mol. The van der Waals surface area contributed by atoms with Crippen LogP contribution in [-0.2, 0) is 11.2 Å². The molecule has 4 heteroatoms. The summed E-state index contributed by atoms with van der Waals surface area (Å²) in [5.41, 5.74) is 1.28. The maximum atomic E-state index is 11.6. The molecule has 0 aliphatic heterocycles. The summed E-state index contributed by atoms with van der Waals surface area (Å²) in [4.78, 5) is 11.6. The highest BCUT2D eigenvalue weighted by Crippen LogP contribution is 2.32. The topological polar surface area (TPSA) is 55.8 Å². The Labute approximate surface area is 120 Å². The number of aliphatic hydroxyl groups excluding tert-OH is 1. The van der Waals surface area contributed by atoms with Crippen LogP contribution in [0.4, 0.5) is 0 Å². The first-order chi connectivity index (χ1) is 9.45. The van der Waals surface area contributed by atoms with E-state index in [2.05, 4.69) is 13.5 Å². The summed E-state index contributed by atoms with van der Waals surface area (Å²) in [5.74, 6) is 0.398. The Morgan fingerprint density at radius 3 is 2.70 bits per heavy atom. The van der Waals surface area contributed by atoms with E-state index in [-0.39, 0.29) is 6.61 Å². The van der Waals surface area contributed by atoms with Gasteiger partial charge in [0.05, 0.1) is 6.10 Å². The lowest BCUT2D eigenvalue weighted by Crippen LogP contribution is -2.15. The van der Waals surface area contributed by atoms with Crippen LogP contribution >= 0.6 is 0 Å². The second kappa shape index (κ2) is 7.70. The minimum absolute atomic E-state index is 0.151. The van der Waals surface area contributed by atoms with Crippen molar-refractivity contribution in [2.75, 3.05) is 6.61 Å². The molecule has 1 aromatic carbocycles. The van der Waals surface area contributed by atoms with Crippen molar-refractivity contribution < 1.29 is 19.4 Å². The zero-order chi connectivity index (χ0) is 15.1. The molecule has 0 saturated heterocycles. The summed E-state index contributed by atoms with van der Waals surface area (Å²) in [7, 11) is 0. The second-order valence-electron chi connectivity index (χ2n) is 4.82. The largest absolute Gasteiger partial charge is 0.487 e. The summed E-state index contributed by atoms with van der Waals surface area (Å²) in [5, 5.41) is 9.35. The lowest BCUT2D eigenvalue weighted by Gasteiger charge is -2.16. The second-order valence-corrected chi connectivity index (χ2v) is 4.82. The number of hydrogen-bond acceptors (Lipinski definition) is 4. The molecule has 1 atom stereocenters. The SMILES string of the molecule is C=C(C)C(=O)Oc1cccc(CCC)c1OCC(C)O. The lowest BCUT2D eigenvalue weighted by molar-refractivity contribution is -0.130. The van der Waals surface area contributed by atoms with Gasteiger partial charge >= 0.3 is 5.97 Å². The predicted molar refractivity (Wildman–Crippen MR) is 78.1 cm³/mol. The number of para-hydroxylation sites is 1. The highest BCUT2D eigenvalue weighted by Gasteiger charge is 2.15. The van der Waals surface area contributed by atoms with Crippen LogP contribution in [0.15, 0.2) is 30.4 Å². The Morgan fingerprint density at radius 1 is 1.45 bits per heavy atom.